The molecule has 1 aromatic carbocycles. The summed E-state index contributed by atoms with van der Waals surface area (Å²) in [4.78, 5) is 4.00. The summed E-state index contributed by atoms with van der Waals surface area (Å²) in [5.41, 5.74) is 1.23. The van der Waals surface area contributed by atoms with Crippen LogP contribution in [0.2, 0.25) is 0 Å². The molecule has 1 aromatic heterocycles. The molecular weight excluding hydrogens is 356 g/mol. The quantitative estimate of drug-likeness (QED) is 0.755. The Bertz CT molecular complexity index is 753. The molecule has 2 atom stereocenters. The van der Waals surface area contributed by atoms with Crippen molar-refractivity contribution in [2.45, 2.75) is 44.9 Å². The molecule has 152 valence electrons. The Kier molecular flexibility index (Phi) is 6.07. The number of nitrogens with one attached hydrogen (secondary N) is 1. The molecule has 3 heterocycles. The highest BCUT2D eigenvalue weighted by atomic mass is 16.5. The third-order valence-corrected chi connectivity index (χ3v) is 6.00. The first-order chi connectivity index (χ1) is 13.8. The number of ether oxygens (including phenoxy) is 2. The lowest BCUT2D eigenvalue weighted by atomic mass is 10.1. The number of aromatic nitrogens is 4. The van der Waals surface area contributed by atoms with Crippen LogP contribution in [0.1, 0.15) is 38.1 Å². The van der Waals surface area contributed by atoms with E-state index in [4.69, 9.17) is 9.47 Å². The van der Waals surface area contributed by atoms with Gasteiger partial charge in [0, 0.05) is 24.8 Å². The van der Waals surface area contributed by atoms with Gasteiger partial charge in [0.2, 0.25) is 5.82 Å². The standard InChI is InChI=1S/C20H30N6O2/c1-3-19(20-21-22-23-26(20)15-18-8-5-13-28-18)25-11-9-24(10-12-25)16-6-4-7-17(14-16)27-2/h4,6-7,14,18-19H,3,5,8-13,15H2,1-2H3/p+1/t18-,19+/m0/s1. The van der Waals surface area contributed by atoms with Gasteiger partial charge in [-0.3, -0.25) is 0 Å². The third-order valence-electron chi connectivity index (χ3n) is 6.00. The molecule has 2 saturated heterocycles. The van der Waals surface area contributed by atoms with E-state index in [-0.39, 0.29) is 6.10 Å². The van der Waals surface area contributed by atoms with E-state index >= 15 is 0 Å². The second-order valence-corrected chi connectivity index (χ2v) is 7.66. The zero-order valence-electron chi connectivity index (χ0n) is 16.9. The molecule has 2 aliphatic heterocycles. The van der Waals surface area contributed by atoms with Crippen LogP contribution in [0.15, 0.2) is 24.3 Å². The number of anilines is 1. The zero-order valence-corrected chi connectivity index (χ0v) is 16.9. The summed E-state index contributed by atoms with van der Waals surface area (Å²) in [5.74, 6) is 1.91. The van der Waals surface area contributed by atoms with Gasteiger partial charge in [0.25, 0.3) is 0 Å². The van der Waals surface area contributed by atoms with Crippen molar-refractivity contribution in [2.24, 2.45) is 0 Å². The fraction of sp³-hybridized carbons (Fsp3) is 0.650. The summed E-state index contributed by atoms with van der Waals surface area (Å²) < 4.78 is 13.1. The Morgan fingerprint density at radius 1 is 1.32 bits per heavy atom. The number of piperazine rings is 1. The van der Waals surface area contributed by atoms with E-state index in [0.717, 1.165) is 70.2 Å². The second-order valence-electron chi connectivity index (χ2n) is 7.66. The van der Waals surface area contributed by atoms with E-state index < -0.39 is 0 Å². The van der Waals surface area contributed by atoms with E-state index in [1.54, 1.807) is 12.0 Å². The minimum Gasteiger partial charge on any atom is -0.497 e. The monoisotopic (exact) mass is 387 g/mol. The lowest BCUT2D eigenvalue weighted by Crippen LogP contribution is -3.15. The second kappa shape index (κ2) is 8.87. The topological polar surface area (TPSA) is 69.7 Å². The maximum Gasteiger partial charge on any atom is 0.209 e. The first-order valence-electron chi connectivity index (χ1n) is 10.4. The molecule has 28 heavy (non-hydrogen) atoms. The third kappa shape index (κ3) is 4.12. The smallest absolute Gasteiger partial charge is 0.209 e. The Labute approximate surface area is 166 Å². The normalized spacial score (nSPS) is 21.8. The van der Waals surface area contributed by atoms with Gasteiger partial charge >= 0.3 is 0 Å². The highest BCUT2D eigenvalue weighted by Crippen LogP contribution is 2.21. The number of methoxy groups -OCH3 is 1. The van der Waals surface area contributed by atoms with Gasteiger partial charge in [-0.1, -0.05) is 13.0 Å². The molecule has 0 amide bonds. The first-order valence-corrected chi connectivity index (χ1v) is 10.4. The van der Waals surface area contributed by atoms with E-state index in [1.807, 2.05) is 10.7 Å². The Balaban J connectivity index is 1.41. The summed E-state index contributed by atoms with van der Waals surface area (Å²) in [5, 5.41) is 12.6. The maximum absolute atomic E-state index is 5.78. The predicted octanol–water partition coefficient (Wildman–Crippen LogP) is 0.717. The number of hydrogen-bond acceptors (Lipinski definition) is 6. The molecular formula is C20H31N6O2+. The van der Waals surface area contributed by atoms with Crippen molar-refractivity contribution in [2.75, 3.05) is 44.8 Å². The lowest BCUT2D eigenvalue weighted by Gasteiger charge is -2.37. The van der Waals surface area contributed by atoms with Gasteiger partial charge in [-0.05, 0) is 35.4 Å². The fourth-order valence-corrected chi connectivity index (χ4v) is 4.43. The fourth-order valence-electron chi connectivity index (χ4n) is 4.43. The summed E-state index contributed by atoms with van der Waals surface area (Å²) in [7, 11) is 1.72. The predicted molar refractivity (Wildman–Crippen MR) is 106 cm³/mol. The number of quaternary nitrogens is 1. The molecule has 0 bridgehead atoms. The molecule has 0 spiro atoms. The number of benzene rings is 1. The molecule has 0 unspecified atom stereocenters. The summed E-state index contributed by atoms with van der Waals surface area (Å²) in [6.07, 6.45) is 3.51. The van der Waals surface area contributed by atoms with Gasteiger partial charge in [0.1, 0.15) is 11.8 Å². The van der Waals surface area contributed by atoms with Crippen LogP contribution in [0.3, 0.4) is 0 Å². The number of rotatable bonds is 7. The Morgan fingerprint density at radius 2 is 2.18 bits per heavy atom. The van der Waals surface area contributed by atoms with Crippen LogP contribution in [0.5, 0.6) is 5.75 Å². The first kappa shape index (κ1) is 19.1. The molecule has 2 aliphatic rings. The van der Waals surface area contributed by atoms with Crippen LogP contribution < -0.4 is 14.5 Å². The average Bonchev–Trinajstić information content (AvgIpc) is 3.42. The van der Waals surface area contributed by atoms with Crippen LogP contribution in [-0.4, -0.2) is 66.2 Å². The van der Waals surface area contributed by atoms with Crippen LogP contribution in [0.25, 0.3) is 0 Å². The Hall–Kier alpha value is -2.19. The molecule has 8 heteroatoms. The van der Waals surface area contributed by atoms with E-state index in [1.165, 1.54) is 5.69 Å². The minimum absolute atomic E-state index is 0.250. The summed E-state index contributed by atoms with van der Waals surface area (Å²) in [6, 6.07) is 8.65. The highest BCUT2D eigenvalue weighted by molar-refractivity contribution is 5.50. The van der Waals surface area contributed by atoms with Gasteiger partial charge in [-0.2, -0.15) is 0 Å². The van der Waals surface area contributed by atoms with Gasteiger partial charge in [-0.15, -0.1) is 5.10 Å². The molecule has 0 aliphatic carbocycles. The van der Waals surface area contributed by atoms with Gasteiger partial charge < -0.3 is 19.3 Å². The van der Waals surface area contributed by atoms with Crippen molar-refractivity contribution in [1.82, 2.24) is 20.2 Å². The molecule has 4 rings (SSSR count). The molecule has 1 N–H and O–H groups in total. The van der Waals surface area contributed by atoms with Gasteiger partial charge in [0.05, 0.1) is 45.9 Å². The maximum atomic E-state index is 5.78. The van der Waals surface area contributed by atoms with Crippen LogP contribution in [0.4, 0.5) is 5.69 Å². The number of hydrogen-bond donors (Lipinski definition) is 1. The largest absolute Gasteiger partial charge is 0.497 e. The molecule has 0 saturated carbocycles. The number of nitrogens with zero attached hydrogens (tertiary/aromatic N) is 5. The molecule has 0 radical (unpaired) electrons. The van der Waals surface area contributed by atoms with Crippen LogP contribution >= 0.6 is 0 Å². The molecule has 2 aromatic rings. The van der Waals surface area contributed by atoms with E-state index in [2.05, 4.69) is 45.5 Å². The summed E-state index contributed by atoms with van der Waals surface area (Å²) in [6.45, 7) is 8.04. The average molecular weight is 388 g/mol. The van der Waals surface area contributed by atoms with Crippen molar-refractivity contribution in [3.05, 3.63) is 30.1 Å². The number of tetrazole rings is 1. The van der Waals surface area contributed by atoms with Crippen molar-refractivity contribution in [1.29, 1.82) is 0 Å². The highest BCUT2D eigenvalue weighted by Gasteiger charge is 2.32. The lowest BCUT2D eigenvalue weighted by molar-refractivity contribution is -0.933. The van der Waals surface area contributed by atoms with Crippen molar-refractivity contribution < 1.29 is 14.4 Å². The minimum atomic E-state index is 0.250. The van der Waals surface area contributed by atoms with Crippen LogP contribution in [-0.2, 0) is 11.3 Å². The summed E-state index contributed by atoms with van der Waals surface area (Å²) >= 11 is 0. The van der Waals surface area contributed by atoms with Crippen molar-refractivity contribution in [3.8, 4) is 5.75 Å². The van der Waals surface area contributed by atoms with E-state index in [9.17, 15) is 0 Å². The van der Waals surface area contributed by atoms with E-state index in [0.29, 0.717) is 6.04 Å². The zero-order chi connectivity index (χ0) is 19.3. The molecule has 8 nitrogen and oxygen atoms in total. The molecule has 2 fully saturated rings. The van der Waals surface area contributed by atoms with Gasteiger partial charge in [0.15, 0.2) is 0 Å². The van der Waals surface area contributed by atoms with Gasteiger partial charge in [-0.25, -0.2) is 4.68 Å². The van der Waals surface area contributed by atoms with Crippen molar-refractivity contribution >= 4 is 5.69 Å². The van der Waals surface area contributed by atoms with Crippen molar-refractivity contribution in [3.63, 3.8) is 0 Å². The van der Waals surface area contributed by atoms with Crippen LogP contribution in [0, 0.1) is 0 Å². The SMILES string of the molecule is CC[C@H](c1nnnn1C[C@@H]1CCCO1)[NH+]1CCN(c2cccc(OC)c2)CC1. The Morgan fingerprint density at radius 3 is 2.89 bits per heavy atom.